The molecule has 2 aliphatic rings. The van der Waals surface area contributed by atoms with Crippen molar-refractivity contribution in [2.45, 2.75) is 25.0 Å². The average molecular weight is 453 g/mol. The van der Waals surface area contributed by atoms with Crippen LogP contribution < -0.4 is 14.2 Å². The van der Waals surface area contributed by atoms with Gasteiger partial charge in [-0.05, 0) is 36.8 Å². The monoisotopic (exact) mass is 452 g/mol. The number of hydrogen-bond acceptors (Lipinski definition) is 7. The van der Waals surface area contributed by atoms with Crippen molar-refractivity contribution in [1.82, 2.24) is 4.90 Å². The standard InChI is InChI=1S/C24H24N2O5S/c1-4-31-21-10-15(8-9-20(21)30-3)18-12-22(27)26-23(19(18)13-25)32-14-24(26,28)16-6-5-7-17(11-16)29-2/h5-11,18,28H,4,12,14H2,1-3H3/t18-,24+/m1/s1. The summed E-state index contributed by atoms with van der Waals surface area (Å²) in [7, 11) is 3.12. The molecular formula is C24H24N2O5S. The van der Waals surface area contributed by atoms with Crippen molar-refractivity contribution in [3.63, 3.8) is 0 Å². The first-order valence-corrected chi connectivity index (χ1v) is 11.2. The maximum absolute atomic E-state index is 13.3. The van der Waals surface area contributed by atoms with E-state index in [-0.39, 0.29) is 18.1 Å². The lowest BCUT2D eigenvalue weighted by Crippen LogP contribution is -2.48. The third-order valence-electron chi connectivity index (χ3n) is 5.73. The maximum Gasteiger partial charge on any atom is 0.231 e. The second-order valence-corrected chi connectivity index (χ2v) is 8.46. The molecule has 2 heterocycles. The largest absolute Gasteiger partial charge is 0.497 e. The van der Waals surface area contributed by atoms with Crippen LogP contribution in [0.1, 0.15) is 30.4 Å². The van der Waals surface area contributed by atoms with Crippen molar-refractivity contribution in [2.24, 2.45) is 0 Å². The Hall–Kier alpha value is -3.15. The fraction of sp³-hybridized carbons (Fsp3) is 0.333. The van der Waals surface area contributed by atoms with Crippen LogP contribution >= 0.6 is 11.8 Å². The number of carbonyl (C=O) groups is 1. The number of ether oxygens (including phenoxy) is 3. The molecule has 1 N–H and O–H groups in total. The Morgan fingerprint density at radius 1 is 1.22 bits per heavy atom. The Bertz CT molecular complexity index is 1130. The zero-order valence-corrected chi connectivity index (χ0v) is 18.9. The van der Waals surface area contributed by atoms with E-state index in [4.69, 9.17) is 14.2 Å². The molecule has 0 bridgehead atoms. The van der Waals surface area contributed by atoms with Gasteiger partial charge in [0, 0.05) is 17.9 Å². The van der Waals surface area contributed by atoms with E-state index in [2.05, 4.69) is 6.07 Å². The second-order valence-electron chi connectivity index (χ2n) is 7.50. The average Bonchev–Trinajstić information content (AvgIpc) is 3.18. The minimum Gasteiger partial charge on any atom is -0.497 e. The molecule has 1 amide bonds. The van der Waals surface area contributed by atoms with Crippen LogP contribution in [-0.4, -0.2) is 42.5 Å². The molecule has 4 rings (SSSR count). The topological polar surface area (TPSA) is 92.0 Å². The minimum absolute atomic E-state index is 0.0666. The van der Waals surface area contributed by atoms with Gasteiger partial charge in [0.15, 0.2) is 17.2 Å². The van der Waals surface area contributed by atoms with Crippen molar-refractivity contribution < 1.29 is 24.1 Å². The lowest BCUT2D eigenvalue weighted by atomic mass is 9.85. The summed E-state index contributed by atoms with van der Waals surface area (Å²) in [6.45, 7) is 2.35. The van der Waals surface area contributed by atoms with Crippen LogP contribution in [-0.2, 0) is 10.5 Å². The lowest BCUT2D eigenvalue weighted by Gasteiger charge is -2.38. The smallest absolute Gasteiger partial charge is 0.231 e. The lowest BCUT2D eigenvalue weighted by molar-refractivity contribution is -0.149. The molecular weight excluding hydrogens is 428 g/mol. The number of allylic oxidation sites excluding steroid dienone is 1. The van der Waals surface area contributed by atoms with Gasteiger partial charge in [-0.25, -0.2) is 0 Å². The minimum atomic E-state index is -1.55. The normalized spacial score (nSPS) is 22.4. The molecule has 0 spiro atoms. The molecule has 0 radical (unpaired) electrons. The van der Waals surface area contributed by atoms with Gasteiger partial charge < -0.3 is 19.3 Å². The van der Waals surface area contributed by atoms with Crippen molar-refractivity contribution in [1.29, 1.82) is 5.26 Å². The van der Waals surface area contributed by atoms with Crippen molar-refractivity contribution >= 4 is 17.7 Å². The van der Waals surface area contributed by atoms with Crippen molar-refractivity contribution in [3.05, 3.63) is 64.2 Å². The molecule has 2 aromatic carbocycles. The highest BCUT2D eigenvalue weighted by molar-refractivity contribution is 8.03. The zero-order chi connectivity index (χ0) is 22.9. The quantitative estimate of drug-likeness (QED) is 0.714. The van der Waals surface area contributed by atoms with E-state index in [9.17, 15) is 15.2 Å². The highest BCUT2D eigenvalue weighted by atomic mass is 32.2. The Morgan fingerprint density at radius 3 is 2.72 bits per heavy atom. The third kappa shape index (κ3) is 3.57. The number of aliphatic hydroxyl groups is 1. The van der Waals surface area contributed by atoms with E-state index in [1.54, 1.807) is 44.6 Å². The molecule has 2 aromatic rings. The van der Waals surface area contributed by atoms with Gasteiger partial charge >= 0.3 is 0 Å². The fourth-order valence-electron chi connectivity index (χ4n) is 4.17. The van der Waals surface area contributed by atoms with Gasteiger partial charge in [0.1, 0.15) is 5.75 Å². The Balaban J connectivity index is 1.77. The van der Waals surface area contributed by atoms with E-state index in [0.29, 0.717) is 40.0 Å². The van der Waals surface area contributed by atoms with Gasteiger partial charge in [0.05, 0.1) is 43.3 Å². The van der Waals surface area contributed by atoms with Crippen LogP contribution in [0.25, 0.3) is 0 Å². The first kappa shape index (κ1) is 22.1. The number of methoxy groups -OCH3 is 2. The van der Waals surface area contributed by atoms with Gasteiger partial charge in [0.25, 0.3) is 0 Å². The highest BCUT2D eigenvalue weighted by Gasteiger charge is 2.52. The molecule has 166 valence electrons. The third-order valence-corrected chi connectivity index (χ3v) is 6.96. The van der Waals surface area contributed by atoms with Gasteiger partial charge in [-0.1, -0.05) is 18.2 Å². The number of fused-ring (bicyclic) bond motifs is 1. The number of rotatable bonds is 6. The summed E-state index contributed by atoms with van der Waals surface area (Å²) in [4.78, 5) is 14.7. The van der Waals surface area contributed by atoms with Gasteiger partial charge in [-0.2, -0.15) is 5.26 Å². The first-order valence-electron chi connectivity index (χ1n) is 10.2. The molecule has 7 nitrogen and oxygen atoms in total. The summed E-state index contributed by atoms with van der Waals surface area (Å²) < 4.78 is 16.3. The Labute approximate surface area is 191 Å². The van der Waals surface area contributed by atoms with E-state index in [1.807, 2.05) is 19.1 Å². The predicted molar refractivity (Wildman–Crippen MR) is 120 cm³/mol. The summed E-state index contributed by atoms with van der Waals surface area (Å²) in [5.74, 6) is 1.30. The predicted octanol–water partition coefficient (Wildman–Crippen LogP) is 3.75. The second kappa shape index (κ2) is 8.77. The van der Waals surface area contributed by atoms with Crippen molar-refractivity contribution in [3.8, 4) is 23.3 Å². The Kier molecular flexibility index (Phi) is 6.04. The van der Waals surface area contributed by atoms with Gasteiger partial charge in [0.2, 0.25) is 5.91 Å². The molecule has 0 saturated carbocycles. The zero-order valence-electron chi connectivity index (χ0n) is 18.1. The maximum atomic E-state index is 13.3. The summed E-state index contributed by atoms with van der Waals surface area (Å²) >= 11 is 1.31. The van der Waals surface area contributed by atoms with E-state index in [0.717, 1.165) is 5.56 Å². The molecule has 8 heteroatoms. The Morgan fingerprint density at radius 2 is 2.03 bits per heavy atom. The molecule has 0 unspecified atom stereocenters. The summed E-state index contributed by atoms with van der Waals surface area (Å²) in [6.07, 6.45) is 0.0666. The molecule has 0 aliphatic carbocycles. The summed E-state index contributed by atoms with van der Waals surface area (Å²) in [5, 5.41) is 22.1. The number of nitrogens with zero attached hydrogens (tertiary/aromatic N) is 2. The molecule has 32 heavy (non-hydrogen) atoms. The van der Waals surface area contributed by atoms with Crippen molar-refractivity contribution in [2.75, 3.05) is 26.6 Å². The van der Waals surface area contributed by atoms with E-state index in [1.165, 1.54) is 16.7 Å². The van der Waals surface area contributed by atoms with Crippen LogP contribution in [0, 0.1) is 11.3 Å². The molecule has 1 fully saturated rings. The van der Waals surface area contributed by atoms with Crippen LogP contribution in [0.2, 0.25) is 0 Å². The fourth-order valence-corrected chi connectivity index (χ4v) is 5.53. The number of benzene rings is 2. The van der Waals surface area contributed by atoms with Gasteiger partial charge in [-0.15, -0.1) is 11.8 Å². The van der Waals surface area contributed by atoms with Crippen LogP contribution in [0.5, 0.6) is 17.2 Å². The SMILES string of the molecule is CCOc1cc([C@H]2CC(=O)N3C(=C2C#N)SC[C@]3(O)c2cccc(OC)c2)ccc1OC. The molecule has 0 aromatic heterocycles. The van der Waals surface area contributed by atoms with E-state index < -0.39 is 11.6 Å². The first-order chi connectivity index (χ1) is 15.5. The highest BCUT2D eigenvalue weighted by Crippen LogP contribution is 2.52. The number of amides is 1. The van der Waals surface area contributed by atoms with E-state index >= 15 is 0 Å². The van der Waals surface area contributed by atoms with Crippen LogP contribution in [0.3, 0.4) is 0 Å². The summed E-state index contributed by atoms with van der Waals surface area (Å²) in [6, 6.07) is 14.8. The molecule has 1 saturated heterocycles. The number of thioether (sulfide) groups is 1. The number of nitriles is 1. The molecule has 2 aliphatic heterocycles. The number of carbonyl (C=O) groups excluding carboxylic acids is 1. The number of hydrogen-bond donors (Lipinski definition) is 1. The van der Waals surface area contributed by atoms with Crippen LogP contribution in [0.15, 0.2) is 53.1 Å². The molecule has 2 atom stereocenters. The van der Waals surface area contributed by atoms with Crippen LogP contribution in [0.4, 0.5) is 0 Å². The summed E-state index contributed by atoms with van der Waals surface area (Å²) in [5.41, 5.74) is 0.256. The van der Waals surface area contributed by atoms with Gasteiger partial charge in [-0.3, -0.25) is 9.69 Å².